The lowest BCUT2D eigenvalue weighted by Gasteiger charge is -2.14. The van der Waals surface area contributed by atoms with Gasteiger partial charge in [0.1, 0.15) is 5.82 Å². The second-order valence-corrected chi connectivity index (χ2v) is 3.89. The largest absolute Gasteiger partial charge is 0.383 e. The number of ether oxygens (including phenoxy) is 1. The average molecular weight is 240 g/mol. The first-order valence-electron chi connectivity index (χ1n) is 5.92. The van der Waals surface area contributed by atoms with Gasteiger partial charge in [-0.2, -0.15) is 0 Å². The molecule has 6 heteroatoms. The van der Waals surface area contributed by atoms with Crippen molar-refractivity contribution in [2.75, 3.05) is 13.7 Å². The number of nitrogens with zero attached hydrogens (tertiary/aromatic N) is 2. The summed E-state index contributed by atoms with van der Waals surface area (Å²) >= 11 is 0. The number of rotatable bonds is 7. The highest BCUT2D eigenvalue weighted by Crippen LogP contribution is 1.98. The Hall–Kier alpha value is -1.43. The standard InChI is InChI=1S/C11H20N4O2/c1-4-6-9-13-10(15-14-9)11(16)12-8(5-2)7-17-3/h8H,4-7H2,1-3H3,(H,12,16)(H,13,14,15). The van der Waals surface area contributed by atoms with Crippen LogP contribution in [0.1, 0.15) is 43.1 Å². The quantitative estimate of drug-likeness (QED) is 0.742. The second kappa shape index (κ2) is 7.01. The van der Waals surface area contributed by atoms with Gasteiger partial charge in [0.05, 0.1) is 12.6 Å². The number of amides is 1. The van der Waals surface area contributed by atoms with Crippen LogP contribution in [0.3, 0.4) is 0 Å². The Kier molecular flexibility index (Phi) is 5.62. The van der Waals surface area contributed by atoms with Gasteiger partial charge in [-0.15, -0.1) is 5.10 Å². The van der Waals surface area contributed by atoms with E-state index in [1.54, 1.807) is 7.11 Å². The smallest absolute Gasteiger partial charge is 0.291 e. The van der Waals surface area contributed by atoms with Gasteiger partial charge >= 0.3 is 0 Å². The SMILES string of the molecule is CCCc1nc(C(=O)NC(CC)COC)n[nH]1. The fourth-order valence-electron chi connectivity index (χ4n) is 1.46. The van der Waals surface area contributed by atoms with E-state index in [0.717, 1.165) is 25.1 Å². The molecule has 1 aromatic rings. The lowest BCUT2D eigenvalue weighted by molar-refractivity contribution is 0.0884. The molecule has 1 aromatic heterocycles. The lowest BCUT2D eigenvalue weighted by Crippen LogP contribution is -2.38. The van der Waals surface area contributed by atoms with Crippen LogP contribution >= 0.6 is 0 Å². The van der Waals surface area contributed by atoms with E-state index >= 15 is 0 Å². The van der Waals surface area contributed by atoms with Gasteiger partial charge in [0, 0.05) is 13.5 Å². The first-order valence-corrected chi connectivity index (χ1v) is 5.92. The monoisotopic (exact) mass is 240 g/mol. The first-order chi connectivity index (χ1) is 8.21. The van der Waals surface area contributed by atoms with Gasteiger partial charge in [-0.25, -0.2) is 4.98 Å². The molecule has 0 aliphatic rings. The third-order valence-electron chi connectivity index (χ3n) is 2.42. The highest BCUT2D eigenvalue weighted by molar-refractivity contribution is 5.90. The fraction of sp³-hybridized carbons (Fsp3) is 0.727. The van der Waals surface area contributed by atoms with E-state index in [1.807, 2.05) is 13.8 Å². The molecule has 2 N–H and O–H groups in total. The van der Waals surface area contributed by atoms with E-state index in [-0.39, 0.29) is 17.8 Å². The minimum Gasteiger partial charge on any atom is -0.383 e. The first kappa shape index (κ1) is 13.6. The number of aryl methyl sites for hydroxylation is 1. The number of H-pyrrole nitrogens is 1. The third kappa shape index (κ3) is 4.14. The minimum absolute atomic E-state index is 0.000579. The summed E-state index contributed by atoms with van der Waals surface area (Å²) in [7, 11) is 1.61. The number of hydrogen-bond donors (Lipinski definition) is 2. The van der Waals surface area contributed by atoms with Gasteiger partial charge in [-0.1, -0.05) is 13.8 Å². The average Bonchev–Trinajstić information content (AvgIpc) is 2.77. The fourth-order valence-corrected chi connectivity index (χ4v) is 1.46. The number of carbonyl (C=O) groups excluding carboxylic acids is 1. The van der Waals surface area contributed by atoms with Gasteiger partial charge in [0.15, 0.2) is 0 Å². The Bertz CT molecular complexity index is 351. The maximum absolute atomic E-state index is 11.8. The van der Waals surface area contributed by atoms with Crippen molar-refractivity contribution in [3.05, 3.63) is 11.6 Å². The Labute approximate surface area is 101 Å². The molecule has 0 radical (unpaired) electrons. The molecule has 1 rings (SSSR count). The van der Waals surface area contributed by atoms with Crippen molar-refractivity contribution in [3.63, 3.8) is 0 Å². The zero-order valence-corrected chi connectivity index (χ0v) is 10.6. The summed E-state index contributed by atoms with van der Waals surface area (Å²) in [5, 5.41) is 9.48. The molecular weight excluding hydrogens is 220 g/mol. The number of aromatic nitrogens is 3. The van der Waals surface area contributed by atoms with Gasteiger partial charge < -0.3 is 10.1 Å². The highest BCUT2D eigenvalue weighted by Gasteiger charge is 2.16. The molecule has 0 aliphatic carbocycles. The van der Waals surface area contributed by atoms with Gasteiger partial charge in [-0.3, -0.25) is 9.89 Å². The highest BCUT2D eigenvalue weighted by atomic mass is 16.5. The maximum atomic E-state index is 11.8. The summed E-state index contributed by atoms with van der Waals surface area (Å²) in [4.78, 5) is 15.9. The topological polar surface area (TPSA) is 79.9 Å². The van der Waals surface area contributed by atoms with Crippen molar-refractivity contribution < 1.29 is 9.53 Å². The molecule has 6 nitrogen and oxygen atoms in total. The van der Waals surface area contributed by atoms with E-state index < -0.39 is 0 Å². The van der Waals surface area contributed by atoms with Gasteiger partial charge in [-0.05, 0) is 12.8 Å². The molecule has 0 aromatic carbocycles. The number of methoxy groups -OCH3 is 1. The predicted octanol–water partition coefficient (Wildman–Crippen LogP) is 0.912. The Morgan fingerprint density at radius 3 is 2.88 bits per heavy atom. The number of hydrogen-bond acceptors (Lipinski definition) is 4. The van der Waals surface area contributed by atoms with E-state index in [2.05, 4.69) is 20.5 Å². The molecule has 1 amide bonds. The van der Waals surface area contributed by atoms with Crippen LogP contribution in [-0.2, 0) is 11.2 Å². The van der Waals surface area contributed by atoms with Crippen LogP contribution in [0.4, 0.5) is 0 Å². The molecule has 0 aliphatic heterocycles. The third-order valence-corrected chi connectivity index (χ3v) is 2.42. The molecule has 0 saturated heterocycles. The molecule has 17 heavy (non-hydrogen) atoms. The Balaban J connectivity index is 2.55. The normalized spacial score (nSPS) is 12.4. The van der Waals surface area contributed by atoms with E-state index in [1.165, 1.54) is 0 Å². The zero-order chi connectivity index (χ0) is 12.7. The number of nitrogens with one attached hydrogen (secondary N) is 2. The van der Waals surface area contributed by atoms with Crippen molar-refractivity contribution in [2.45, 2.75) is 39.2 Å². The zero-order valence-electron chi connectivity index (χ0n) is 10.6. The second-order valence-electron chi connectivity index (χ2n) is 3.89. The van der Waals surface area contributed by atoms with Crippen molar-refractivity contribution in [1.82, 2.24) is 20.5 Å². The summed E-state index contributed by atoms with van der Waals surface area (Å²) in [6.45, 7) is 4.53. The molecule has 1 atom stereocenters. The van der Waals surface area contributed by atoms with Crippen LogP contribution in [0, 0.1) is 0 Å². The molecule has 0 bridgehead atoms. The summed E-state index contributed by atoms with van der Waals surface area (Å²) in [6.07, 6.45) is 2.58. The van der Waals surface area contributed by atoms with Crippen LogP contribution < -0.4 is 5.32 Å². The van der Waals surface area contributed by atoms with Gasteiger partial charge in [0.2, 0.25) is 5.82 Å². The van der Waals surface area contributed by atoms with Crippen LogP contribution in [0.5, 0.6) is 0 Å². The minimum atomic E-state index is -0.257. The van der Waals surface area contributed by atoms with Crippen LogP contribution in [0.25, 0.3) is 0 Å². The van der Waals surface area contributed by atoms with Crippen LogP contribution in [0.15, 0.2) is 0 Å². The summed E-state index contributed by atoms with van der Waals surface area (Å²) in [6, 6.07) is 0.000579. The maximum Gasteiger partial charge on any atom is 0.291 e. The van der Waals surface area contributed by atoms with Crippen molar-refractivity contribution in [1.29, 1.82) is 0 Å². The predicted molar refractivity (Wildman–Crippen MR) is 63.8 cm³/mol. The lowest BCUT2D eigenvalue weighted by atomic mass is 10.2. The molecule has 0 saturated carbocycles. The van der Waals surface area contributed by atoms with E-state index in [0.29, 0.717) is 6.61 Å². The number of carbonyl (C=O) groups is 1. The Morgan fingerprint density at radius 1 is 1.53 bits per heavy atom. The summed E-state index contributed by atoms with van der Waals surface area (Å²) in [5.41, 5.74) is 0. The summed E-state index contributed by atoms with van der Waals surface area (Å²) < 4.78 is 5.01. The van der Waals surface area contributed by atoms with Crippen molar-refractivity contribution in [3.8, 4) is 0 Å². The molecule has 0 spiro atoms. The molecular formula is C11H20N4O2. The van der Waals surface area contributed by atoms with Crippen LogP contribution in [0.2, 0.25) is 0 Å². The summed E-state index contributed by atoms with van der Waals surface area (Å²) in [5.74, 6) is 0.688. The Morgan fingerprint density at radius 2 is 2.29 bits per heavy atom. The van der Waals surface area contributed by atoms with Gasteiger partial charge in [0.25, 0.3) is 5.91 Å². The van der Waals surface area contributed by atoms with E-state index in [9.17, 15) is 4.79 Å². The number of aromatic amines is 1. The molecule has 1 heterocycles. The van der Waals surface area contributed by atoms with Crippen molar-refractivity contribution in [2.24, 2.45) is 0 Å². The van der Waals surface area contributed by atoms with E-state index in [4.69, 9.17) is 4.74 Å². The van der Waals surface area contributed by atoms with Crippen molar-refractivity contribution >= 4 is 5.91 Å². The molecule has 0 fully saturated rings. The van der Waals surface area contributed by atoms with Crippen LogP contribution in [-0.4, -0.2) is 40.8 Å². The molecule has 96 valence electrons. The molecule has 1 unspecified atom stereocenters.